The molecule has 0 aromatic heterocycles. The molecule has 0 aliphatic carbocycles. The third-order valence-electron chi connectivity index (χ3n) is 3.29. The van der Waals surface area contributed by atoms with Crippen molar-refractivity contribution in [2.24, 2.45) is 0 Å². The maximum Gasteiger partial charge on any atom is 0.132 e. The van der Waals surface area contributed by atoms with E-state index in [-0.39, 0.29) is 5.82 Å². The van der Waals surface area contributed by atoms with Crippen LogP contribution in [0, 0.1) is 19.7 Å². The molecule has 1 atom stereocenters. The van der Waals surface area contributed by atoms with Gasteiger partial charge in [-0.25, -0.2) is 4.39 Å². The largest absolute Gasteiger partial charge is 0.497 e. The highest BCUT2D eigenvalue weighted by molar-refractivity contribution is 5.41. The van der Waals surface area contributed by atoms with Gasteiger partial charge in [0.2, 0.25) is 0 Å². The van der Waals surface area contributed by atoms with Crippen LogP contribution >= 0.6 is 0 Å². The van der Waals surface area contributed by atoms with Gasteiger partial charge in [-0.1, -0.05) is 24.3 Å². The molecular formula is C16H17FO2. The van der Waals surface area contributed by atoms with Gasteiger partial charge in [-0.3, -0.25) is 0 Å². The van der Waals surface area contributed by atoms with Crippen LogP contribution in [0.1, 0.15) is 28.4 Å². The molecule has 2 aromatic rings. The number of hydrogen-bond acceptors (Lipinski definition) is 2. The minimum absolute atomic E-state index is 0.299. The zero-order chi connectivity index (χ0) is 14.0. The second-order valence-electron chi connectivity index (χ2n) is 4.60. The SMILES string of the molecule is COc1ccc(C(O)c2cccc(C)c2F)c(C)c1. The third kappa shape index (κ3) is 2.61. The lowest BCUT2D eigenvalue weighted by atomic mass is 9.96. The molecule has 0 aliphatic rings. The van der Waals surface area contributed by atoms with Crippen LogP contribution in [-0.2, 0) is 0 Å². The average molecular weight is 260 g/mol. The van der Waals surface area contributed by atoms with Gasteiger partial charge in [0.15, 0.2) is 0 Å². The number of aliphatic hydroxyl groups is 1. The molecule has 100 valence electrons. The van der Waals surface area contributed by atoms with E-state index in [1.165, 1.54) is 0 Å². The van der Waals surface area contributed by atoms with Crippen LogP contribution < -0.4 is 4.74 Å². The summed E-state index contributed by atoms with van der Waals surface area (Å²) < 4.78 is 19.2. The monoisotopic (exact) mass is 260 g/mol. The maximum absolute atomic E-state index is 14.0. The Bertz CT molecular complexity index is 593. The fraction of sp³-hybridized carbons (Fsp3) is 0.250. The van der Waals surface area contributed by atoms with Crippen molar-refractivity contribution in [3.8, 4) is 5.75 Å². The van der Waals surface area contributed by atoms with Crippen LogP contribution in [0.25, 0.3) is 0 Å². The highest BCUT2D eigenvalue weighted by Crippen LogP contribution is 2.29. The van der Waals surface area contributed by atoms with Crippen molar-refractivity contribution in [1.82, 2.24) is 0 Å². The standard InChI is InChI=1S/C16H17FO2/c1-10-5-4-6-14(15(10)17)16(18)13-8-7-12(19-3)9-11(13)2/h4-9,16,18H,1-3H3. The molecular weight excluding hydrogens is 243 g/mol. The molecule has 0 aliphatic heterocycles. The number of methoxy groups -OCH3 is 1. The van der Waals surface area contributed by atoms with E-state index >= 15 is 0 Å². The Morgan fingerprint density at radius 2 is 1.79 bits per heavy atom. The van der Waals surface area contributed by atoms with E-state index in [0.717, 1.165) is 11.3 Å². The fourth-order valence-corrected chi connectivity index (χ4v) is 2.13. The lowest BCUT2D eigenvalue weighted by molar-refractivity contribution is 0.214. The predicted molar refractivity (Wildman–Crippen MR) is 72.9 cm³/mol. The first-order valence-electron chi connectivity index (χ1n) is 6.12. The van der Waals surface area contributed by atoms with Gasteiger partial charge in [0, 0.05) is 5.56 Å². The zero-order valence-corrected chi connectivity index (χ0v) is 11.3. The van der Waals surface area contributed by atoms with Gasteiger partial charge in [-0.2, -0.15) is 0 Å². The Kier molecular flexibility index (Phi) is 3.86. The molecule has 2 aromatic carbocycles. The summed E-state index contributed by atoms with van der Waals surface area (Å²) in [6.45, 7) is 3.56. The van der Waals surface area contributed by atoms with Gasteiger partial charge >= 0.3 is 0 Å². The van der Waals surface area contributed by atoms with Gasteiger partial charge in [0.1, 0.15) is 17.7 Å². The van der Waals surface area contributed by atoms with E-state index in [4.69, 9.17) is 4.74 Å². The normalized spacial score (nSPS) is 12.3. The van der Waals surface area contributed by atoms with Crippen LogP contribution in [-0.4, -0.2) is 12.2 Å². The first-order chi connectivity index (χ1) is 9.04. The van der Waals surface area contributed by atoms with Crippen molar-refractivity contribution in [1.29, 1.82) is 0 Å². The first-order valence-corrected chi connectivity index (χ1v) is 6.12. The van der Waals surface area contributed by atoms with Crippen molar-refractivity contribution < 1.29 is 14.2 Å². The van der Waals surface area contributed by atoms with Crippen molar-refractivity contribution >= 4 is 0 Å². The summed E-state index contributed by atoms with van der Waals surface area (Å²) >= 11 is 0. The minimum atomic E-state index is -0.967. The summed E-state index contributed by atoms with van der Waals surface area (Å²) in [5.74, 6) is 0.364. The molecule has 0 spiro atoms. The van der Waals surface area contributed by atoms with E-state index < -0.39 is 6.10 Å². The Morgan fingerprint density at radius 3 is 2.42 bits per heavy atom. The second kappa shape index (κ2) is 5.41. The lowest BCUT2D eigenvalue weighted by Crippen LogP contribution is -2.05. The average Bonchev–Trinajstić information content (AvgIpc) is 2.41. The number of ether oxygens (including phenoxy) is 1. The van der Waals surface area contributed by atoms with Crippen molar-refractivity contribution in [3.05, 3.63) is 64.5 Å². The van der Waals surface area contributed by atoms with Gasteiger partial charge in [-0.05, 0) is 42.7 Å². The van der Waals surface area contributed by atoms with E-state index in [0.29, 0.717) is 16.7 Å². The molecule has 0 heterocycles. The Balaban J connectivity index is 2.44. The molecule has 0 radical (unpaired) electrons. The summed E-state index contributed by atoms with van der Waals surface area (Å²) in [7, 11) is 1.59. The number of hydrogen-bond donors (Lipinski definition) is 1. The predicted octanol–water partition coefficient (Wildman–Crippen LogP) is 3.53. The van der Waals surface area contributed by atoms with Crippen molar-refractivity contribution in [3.63, 3.8) is 0 Å². The fourth-order valence-electron chi connectivity index (χ4n) is 2.13. The van der Waals surface area contributed by atoms with Crippen LogP contribution in [0.4, 0.5) is 4.39 Å². The Morgan fingerprint density at radius 1 is 1.05 bits per heavy atom. The number of aliphatic hydroxyl groups excluding tert-OH is 1. The van der Waals surface area contributed by atoms with Crippen LogP contribution in [0.5, 0.6) is 5.75 Å². The van der Waals surface area contributed by atoms with Gasteiger partial charge in [0.25, 0.3) is 0 Å². The minimum Gasteiger partial charge on any atom is -0.497 e. The number of aryl methyl sites for hydroxylation is 2. The molecule has 1 N–H and O–H groups in total. The Hall–Kier alpha value is -1.87. The highest BCUT2D eigenvalue weighted by Gasteiger charge is 2.18. The lowest BCUT2D eigenvalue weighted by Gasteiger charge is -2.16. The van der Waals surface area contributed by atoms with Gasteiger partial charge in [-0.15, -0.1) is 0 Å². The molecule has 0 saturated heterocycles. The summed E-state index contributed by atoms with van der Waals surface area (Å²) in [5, 5.41) is 10.4. The van der Waals surface area contributed by atoms with E-state index in [9.17, 15) is 9.50 Å². The first kappa shape index (κ1) is 13.6. The molecule has 0 bridgehead atoms. The van der Waals surface area contributed by atoms with Gasteiger partial charge < -0.3 is 9.84 Å². The summed E-state index contributed by atoms with van der Waals surface area (Å²) in [6.07, 6.45) is -0.967. The second-order valence-corrected chi connectivity index (χ2v) is 4.60. The molecule has 3 heteroatoms. The summed E-state index contributed by atoms with van der Waals surface area (Å²) in [4.78, 5) is 0. The highest BCUT2D eigenvalue weighted by atomic mass is 19.1. The molecule has 0 saturated carbocycles. The quantitative estimate of drug-likeness (QED) is 0.914. The van der Waals surface area contributed by atoms with E-state index in [2.05, 4.69) is 0 Å². The molecule has 2 nitrogen and oxygen atoms in total. The zero-order valence-electron chi connectivity index (χ0n) is 11.3. The van der Waals surface area contributed by atoms with Crippen LogP contribution in [0.3, 0.4) is 0 Å². The summed E-state index contributed by atoms with van der Waals surface area (Å²) in [5.41, 5.74) is 2.38. The van der Waals surface area contributed by atoms with Crippen molar-refractivity contribution in [2.45, 2.75) is 20.0 Å². The van der Waals surface area contributed by atoms with Crippen LogP contribution in [0.2, 0.25) is 0 Å². The number of rotatable bonds is 3. The van der Waals surface area contributed by atoms with Crippen LogP contribution in [0.15, 0.2) is 36.4 Å². The van der Waals surface area contributed by atoms with E-state index in [1.54, 1.807) is 44.4 Å². The maximum atomic E-state index is 14.0. The third-order valence-corrected chi connectivity index (χ3v) is 3.29. The topological polar surface area (TPSA) is 29.5 Å². The van der Waals surface area contributed by atoms with Crippen molar-refractivity contribution in [2.75, 3.05) is 7.11 Å². The molecule has 0 fully saturated rings. The summed E-state index contributed by atoms with van der Waals surface area (Å²) in [6, 6.07) is 10.4. The molecule has 2 rings (SSSR count). The molecule has 19 heavy (non-hydrogen) atoms. The van der Waals surface area contributed by atoms with E-state index in [1.807, 2.05) is 13.0 Å². The van der Waals surface area contributed by atoms with Gasteiger partial charge in [0.05, 0.1) is 7.11 Å². The molecule has 0 amide bonds. The molecule has 1 unspecified atom stereocenters. The number of benzene rings is 2. The number of halogens is 1. The smallest absolute Gasteiger partial charge is 0.132 e. The Labute approximate surface area is 112 Å².